The highest BCUT2D eigenvalue weighted by atomic mass is 16.5. The molecule has 0 amide bonds. The van der Waals surface area contributed by atoms with Gasteiger partial charge in [-0.2, -0.15) is 0 Å². The Hall–Kier alpha value is -1.81. The van der Waals surface area contributed by atoms with Crippen molar-refractivity contribution in [1.29, 1.82) is 0 Å². The Kier molecular flexibility index (Phi) is 3.44. The van der Waals surface area contributed by atoms with E-state index < -0.39 is 5.97 Å². The number of hydrogen-bond donors (Lipinski definition) is 2. The third-order valence-electron chi connectivity index (χ3n) is 2.85. The first-order valence-electron chi connectivity index (χ1n) is 5.52. The summed E-state index contributed by atoms with van der Waals surface area (Å²) >= 11 is 0. The molecule has 1 unspecified atom stereocenters. The lowest BCUT2D eigenvalue weighted by Gasteiger charge is -2.21. The molecule has 1 atom stereocenters. The normalized spacial score (nSPS) is 19.6. The van der Waals surface area contributed by atoms with Gasteiger partial charge in [0.1, 0.15) is 5.75 Å². The Labute approximate surface area is 99.9 Å². The van der Waals surface area contributed by atoms with Gasteiger partial charge in [-0.3, -0.25) is 0 Å². The summed E-state index contributed by atoms with van der Waals surface area (Å²) in [5, 5.41) is 12.3. The molecule has 2 rings (SSSR count). The summed E-state index contributed by atoms with van der Waals surface area (Å²) < 4.78 is 5.16. The number of aliphatic carboxylic acids is 1. The highest BCUT2D eigenvalue weighted by molar-refractivity contribution is 5.86. The number of carboxylic acids is 1. The second kappa shape index (κ2) is 5.01. The predicted octanol–water partition coefficient (Wildman–Crippen LogP) is 1.74. The minimum absolute atomic E-state index is 0.0510. The molecule has 4 heteroatoms. The highest BCUT2D eigenvalue weighted by Gasteiger charge is 2.18. The topological polar surface area (TPSA) is 58.6 Å². The van der Waals surface area contributed by atoms with E-state index in [0.717, 1.165) is 11.3 Å². The second-order valence-corrected chi connectivity index (χ2v) is 3.96. The molecule has 17 heavy (non-hydrogen) atoms. The third kappa shape index (κ3) is 2.65. The van der Waals surface area contributed by atoms with E-state index in [1.165, 1.54) is 0 Å². The zero-order valence-electron chi connectivity index (χ0n) is 9.64. The molecule has 0 saturated heterocycles. The van der Waals surface area contributed by atoms with Gasteiger partial charge >= 0.3 is 5.97 Å². The molecule has 0 saturated carbocycles. The molecule has 1 heterocycles. The van der Waals surface area contributed by atoms with Crippen LogP contribution in [0.25, 0.3) is 0 Å². The van der Waals surface area contributed by atoms with Crippen LogP contribution < -0.4 is 10.1 Å². The van der Waals surface area contributed by atoms with Crippen molar-refractivity contribution < 1.29 is 14.6 Å². The van der Waals surface area contributed by atoms with E-state index in [1.807, 2.05) is 24.3 Å². The first-order valence-corrected chi connectivity index (χ1v) is 5.52. The van der Waals surface area contributed by atoms with Gasteiger partial charge in [0, 0.05) is 12.1 Å². The minimum atomic E-state index is -0.834. The van der Waals surface area contributed by atoms with E-state index in [2.05, 4.69) is 5.32 Å². The lowest BCUT2D eigenvalue weighted by atomic mass is 9.98. The molecule has 0 aliphatic carbocycles. The van der Waals surface area contributed by atoms with Crippen molar-refractivity contribution in [1.82, 2.24) is 5.32 Å². The smallest absolute Gasteiger partial charge is 0.331 e. The molecule has 1 aromatic carbocycles. The SMILES string of the molecule is COc1cccc(C2C=C(C(=O)O)CCN2)c1. The molecule has 1 aliphatic rings. The molecular weight excluding hydrogens is 218 g/mol. The van der Waals surface area contributed by atoms with Gasteiger partial charge in [-0.1, -0.05) is 18.2 Å². The van der Waals surface area contributed by atoms with Crippen molar-refractivity contribution in [3.63, 3.8) is 0 Å². The van der Waals surface area contributed by atoms with Crippen LogP contribution in [0.3, 0.4) is 0 Å². The molecule has 0 fully saturated rings. The molecule has 1 aromatic rings. The number of rotatable bonds is 3. The van der Waals surface area contributed by atoms with Gasteiger partial charge < -0.3 is 15.2 Å². The minimum Gasteiger partial charge on any atom is -0.497 e. The van der Waals surface area contributed by atoms with E-state index in [9.17, 15) is 4.79 Å². The first-order chi connectivity index (χ1) is 8.20. The molecule has 1 aliphatic heterocycles. The molecule has 0 aromatic heterocycles. The molecular formula is C13H15NO3. The number of carboxylic acid groups (broad SMARTS) is 1. The van der Waals surface area contributed by atoms with Crippen LogP contribution in [-0.4, -0.2) is 24.7 Å². The Morgan fingerprint density at radius 1 is 1.53 bits per heavy atom. The Bertz CT molecular complexity index is 454. The fourth-order valence-corrected chi connectivity index (χ4v) is 1.93. The highest BCUT2D eigenvalue weighted by Crippen LogP contribution is 2.24. The van der Waals surface area contributed by atoms with Crippen LogP contribution in [-0.2, 0) is 4.79 Å². The van der Waals surface area contributed by atoms with Crippen LogP contribution in [0.1, 0.15) is 18.0 Å². The van der Waals surface area contributed by atoms with Crippen molar-refractivity contribution in [2.75, 3.05) is 13.7 Å². The maximum atomic E-state index is 10.9. The van der Waals surface area contributed by atoms with Crippen molar-refractivity contribution >= 4 is 5.97 Å². The summed E-state index contributed by atoms with van der Waals surface area (Å²) in [6, 6.07) is 7.60. The maximum Gasteiger partial charge on any atom is 0.331 e. The largest absolute Gasteiger partial charge is 0.497 e. The Morgan fingerprint density at radius 2 is 2.35 bits per heavy atom. The number of hydrogen-bond acceptors (Lipinski definition) is 3. The van der Waals surface area contributed by atoms with Crippen LogP contribution in [0.4, 0.5) is 0 Å². The van der Waals surface area contributed by atoms with Crippen LogP contribution in [0.15, 0.2) is 35.9 Å². The summed E-state index contributed by atoms with van der Waals surface area (Å²) in [4.78, 5) is 10.9. The molecule has 2 N–H and O–H groups in total. The second-order valence-electron chi connectivity index (χ2n) is 3.96. The quantitative estimate of drug-likeness (QED) is 0.835. The summed E-state index contributed by atoms with van der Waals surface area (Å²) in [6.07, 6.45) is 2.33. The van der Waals surface area contributed by atoms with E-state index in [1.54, 1.807) is 13.2 Å². The van der Waals surface area contributed by atoms with Crippen LogP contribution in [0, 0.1) is 0 Å². The van der Waals surface area contributed by atoms with Gasteiger partial charge in [0.05, 0.1) is 13.2 Å². The van der Waals surface area contributed by atoms with Gasteiger partial charge in [0.25, 0.3) is 0 Å². The Morgan fingerprint density at radius 3 is 3.06 bits per heavy atom. The van der Waals surface area contributed by atoms with Gasteiger partial charge in [0.15, 0.2) is 0 Å². The molecule has 0 radical (unpaired) electrons. The molecule has 4 nitrogen and oxygen atoms in total. The first kappa shape index (κ1) is 11.7. The van der Waals surface area contributed by atoms with Gasteiger partial charge in [-0.05, 0) is 24.1 Å². The zero-order chi connectivity index (χ0) is 12.3. The van der Waals surface area contributed by atoms with Crippen molar-refractivity contribution in [2.45, 2.75) is 12.5 Å². The monoisotopic (exact) mass is 233 g/mol. The van der Waals surface area contributed by atoms with Crippen molar-refractivity contribution in [3.8, 4) is 5.75 Å². The van der Waals surface area contributed by atoms with Gasteiger partial charge in [0.2, 0.25) is 0 Å². The van der Waals surface area contributed by atoms with Crippen molar-refractivity contribution in [2.24, 2.45) is 0 Å². The van der Waals surface area contributed by atoms with E-state index in [4.69, 9.17) is 9.84 Å². The van der Waals surface area contributed by atoms with Crippen molar-refractivity contribution in [3.05, 3.63) is 41.5 Å². The fraction of sp³-hybridized carbons (Fsp3) is 0.308. The lowest BCUT2D eigenvalue weighted by molar-refractivity contribution is -0.132. The third-order valence-corrected chi connectivity index (χ3v) is 2.85. The summed E-state index contributed by atoms with van der Waals surface area (Å²) in [7, 11) is 1.62. The standard InChI is InChI=1S/C13H15NO3/c1-17-11-4-2-3-9(7-11)12-8-10(13(15)16)5-6-14-12/h2-4,7-8,12,14H,5-6H2,1H3,(H,15,16). The van der Waals surface area contributed by atoms with Crippen LogP contribution in [0.2, 0.25) is 0 Å². The molecule has 90 valence electrons. The number of ether oxygens (including phenoxy) is 1. The summed E-state index contributed by atoms with van der Waals surface area (Å²) in [5.74, 6) is -0.0560. The van der Waals surface area contributed by atoms with E-state index >= 15 is 0 Å². The number of benzene rings is 1. The van der Waals surface area contributed by atoms with Crippen LogP contribution >= 0.6 is 0 Å². The number of methoxy groups -OCH3 is 1. The predicted molar refractivity (Wildman–Crippen MR) is 64.1 cm³/mol. The average molecular weight is 233 g/mol. The zero-order valence-corrected chi connectivity index (χ0v) is 9.64. The molecule has 0 bridgehead atoms. The van der Waals surface area contributed by atoms with Gasteiger partial charge in [-0.15, -0.1) is 0 Å². The summed E-state index contributed by atoms with van der Waals surface area (Å²) in [6.45, 7) is 0.681. The summed E-state index contributed by atoms with van der Waals surface area (Å²) in [5.41, 5.74) is 1.49. The average Bonchev–Trinajstić information content (AvgIpc) is 2.39. The van der Waals surface area contributed by atoms with E-state index in [0.29, 0.717) is 18.5 Å². The molecule has 0 spiro atoms. The number of carbonyl (C=O) groups is 1. The Balaban J connectivity index is 2.27. The fourth-order valence-electron chi connectivity index (χ4n) is 1.93. The van der Waals surface area contributed by atoms with Gasteiger partial charge in [-0.25, -0.2) is 4.79 Å². The van der Waals surface area contributed by atoms with E-state index in [-0.39, 0.29) is 6.04 Å². The lowest BCUT2D eigenvalue weighted by Crippen LogP contribution is -2.27. The van der Waals surface area contributed by atoms with Crippen LogP contribution in [0.5, 0.6) is 5.75 Å². The number of nitrogens with one attached hydrogen (secondary N) is 1. The maximum absolute atomic E-state index is 10.9.